The number of aromatic hydroxyl groups is 1. The first kappa shape index (κ1) is 19.3. The number of aromatic nitrogens is 2. The van der Waals surface area contributed by atoms with Crippen molar-refractivity contribution in [3.05, 3.63) is 39.7 Å². The van der Waals surface area contributed by atoms with E-state index in [4.69, 9.17) is 4.74 Å². The zero-order chi connectivity index (χ0) is 19.9. The van der Waals surface area contributed by atoms with Crippen molar-refractivity contribution in [3.63, 3.8) is 0 Å². The van der Waals surface area contributed by atoms with Gasteiger partial charge in [0.15, 0.2) is 5.60 Å². The molecule has 1 atom stereocenters. The molecule has 6 heteroatoms. The van der Waals surface area contributed by atoms with Crippen LogP contribution < -0.4 is 10.1 Å². The number of amides is 1. The SMILES string of the molecule is CCn1ncc(CNC(=O)[C@@]2(C)CCc3c(C)c(O)c(C)c(C)c3O2)c1C. The Morgan fingerprint density at radius 3 is 2.63 bits per heavy atom. The fourth-order valence-corrected chi connectivity index (χ4v) is 3.75. The Bertz CT molecular complexity index is 901. The Labute approximate surface area is 160 Å². The molecule has 0 unspecified atom stereocenters. The van der Waals surface area contributed by atoms with Gasteiger partial charge >= 0.3 is 0 Å². The predicted octanol–water partition coefficient (Wildman–Crippen LogP) is 3.24. The summed E-state index contributed by atoms with van der Waals surface area (Å²) >= 11 is 0. The van der Waals surface area contributed by atoms with E-state index in [1.165, 1.54) is 0 Å². The number of rotatable bonds is 4. The molecule has 6 nitrogen and oxygen atoms in total. The highest BCUT2D eigenvalue weighted by atomic mass is 16.5. The highest BCUT2D eigenvalue weighted by Crippen LogP contribution is 2.43. The molecule has 0 saturated carbocycles. The summed E-state index contributed by atoms with van der Waals surface area (Å²) in [5.74, 6) is 0.938. The van der Waals surface area contributed by atoms with Crippen molar-refractivity contribution in [2.45, 2.75) is 73.1 Å². The summed E-state index contributed by atoms with van der Waals surface area (Å²) in [6.07, 6.45) is 3.08. The molecule has 146 valence electrons. The molecule has 0 bridgehead atoms. The minimum absolute atomic E-state index is 0.125. The van der Waals surface area contributed by atoms with Crippen LogP contribution in [0.15, 0.2) is 6.20 Å². The fraction of sp³-hybridized carbons (Fsp3) is 0.524. The van der Waals surface area contributed by atoms with Gasteiger partial charge in [0, 0.05) is 36.3 Å². The van der Waals surface area contributed by atoms with E-state index in [0.717, 1.165) is 45.8 Å². The third kappa shape index (κ3) is 3.17. The van der Waals surface area contributed by atoms with E-state index in [1.54, 1.807) is 6.20 Å². The summed E-state index contributed by atoms with van der Waals surface area (Å²) in [4.78, 5) is 12.9. The molecule has 2 heterocycles. The molecule has 3 rings (SSSR count). The first-order chi connectivity index (χ1) is 12.7. The Balaban J connectivity index is 1.80. The number of aryl methyl sites for hydroxylation is 1. The number of hydrogen-bond donors (Lipinski definition) is 2. The molecular weight excluding hydrogens is 342 g/mol. The highest BCUT2D eigenvalue weighted by molar-refractivity contribution is 5.85. The first-order valence-electron chi connectivity index (χ1n) is 9.49. The van der Waals surface area contributed by atoms with Gasteiger partial charge in [-0.15, -0.1) is 0 Å². The second-order valence-electron chi connectivity index (χ2n) is 7.62. The van der Waals surface area contributed by atoms with Crippen LogP contribution in [0, 0.1) is 27.7 Å². The van der Waals surface area contributed by atoms with E-state index in [-0.39, 0.29) is 5.91 Å². The Hall–Kier alpha value is -2.50. The maximum atomic E-state index is 12.9. The topological polar surface area (TPSA) is 76.4 Å². The number of nitrogens with one attached hydrogen (secondary N) is 1. The van der Waals surface area contributed by atoms with E-state index in [0.29, 0.717) is 25.1 Å². The minimum atomic E-state index is -0.928. The van der Waals surface area contributed by atoms with Crippen LogP contribution >= 0.6 is 0 Å². The number of hydrogen-bond acceptors (Lipinski definition) is 4. The maximum absolute atomic E-state index is 12.9. The molecule has 1 aromatic heterocycles. The molecule has 0 spiro atoms. The average molecular weight is 371 g/mol. The number of fused-ring (bicyclic) bond motifs is 1. The van der Waals surface area contributed by atoms with E-state index < -0.39 is 5.60 Å². The van der Waals surface area contributed by atoms with Crippen molar-refractivity contribution in [3.8, 4) is 11.5 Å². The summed E-state index contributed by atoms with van der Waals surface area (Å²) in [5.41, 5.74) is 4.69. The maximum Gasteiger partial charge on any atom is 0.264 e. The van der Waals surface area contributed by atoms with Crippen molar-refractivity contribution in [2.24, 2.45) is 0 Å². The Morgan fingerprint density at radius 2 is 2.00 bits per heavy atom. The molecule has 2 N–H and O–H groups in total. The molecule has 1 aliphatic rings. The summed E-state index contributed by atoms with van der Waals surface area (Å²) in [7, 11) is 0. The van der Waals surface area contributed by atoms with Gasteiger partial charge in [0.25, 0.3) is 5.91 Å². The molecule has 0 fully saturated rings. The van der Waals surface area contributed by atoms with Gasteiger partial charge in [-0.3, -0.25) is 9.48 Å². The summed E-state index contributed by atoms with van der Waals surface area (Å²) in [5, 5.41) is 17.6. The van der Waals surface area contributed by atoms with Gasteiger partial charge in [0.2, 0.25) is 0 Å². The molecule has 1 amide bonds. The van der Waals surface area contributed by atoms with Crippen LogP contribution in [0.2, 0.25) is 0 Å². The van der Waals surface area contributed by atoms with Gasteiger partial charge in [-0.2, -0.15) is 5.10 Å². The second-order valence-corrected chi connectivity index (χ2v) is 7.62. The van der Waals surface area contributed by atoms with Gasteiger partial charge < -0.3 is 15.2 Å². The van der Waals surface area contributed by atoms with Crippen LogP contribution in [0.5, 0.6) is 11.5 Å². The van der Waals surface area contributed by atoms with Crippen molar-refractivity contribution >= 4 is 5.91 Å². The third-order valence-corrected chi connectivity index (χ3v) is 5.94. The van der Waals surface area contributed by atoms with Crippen LogP contribution in [-0.2, 0) is 24.3 Å². The van der Waals surface area contributed by atoms with Gasteiger partial charge in [0.1, 0.15) is 11.5 Å². The average Bonchev–Trinajstić information content (AvgIpc) is 3.02. The number of carbonyl (C=O) groups excluding carboxylic acids is 1. The lowest BCUT2D eigenvalue weighted by Gasteiger charge is -2.36. The molecule has 0 radical (unpaired) electrons. The fourth-order valence-electron chi connectivity index (χ4n) is 3.75. The zero-order valence-electron chi connectivity index (χ0n) is 17.1. The molecule has 1 aromatic carbocycles. The minimum Gasteiger partial charge on any atom is -0.507 e. The van der Waals surface area contributed by atoms with Crippen LogP contribution in [0.3, 0.4) is 0 Å². The number of phenols is 1. The smallest absolute Gasteiger partial charge is 0.264 e. The normalized spacial score (nSPS) is 18.7. The zero-order valence-corrected chi connectivity index (χ0v) is 17.1. The first-order valence-corrected chi connectivity index (χ1v) is 9.49. The van der Waals surface area contributed by atoms with Crippen molar-refractivity contribution in [1.29, 1.82) is 0 Å². The number of nitrogens with zero attached hydrogens (tertiary/aromatic N) is 2. The van der Waals surface area contributed by atoms with E-state index >= 15 is 0 Å². The lowest BCUT2D eigenvalue weighted by molar-refractivity contribution is -0.137. The van der Waals surface area contributed by atoms with Crippen LogP contribution in [0.1, 0.15) is 53.8 Å². The van der Waals surface area contributed by atoms with Crippen LogP contribution in [-0.4, -0.2) is 26.4 Å². The van der Waals surface area contributed by atoms with Crippen LogP contribution in [0.25, 0.3) is 0 Å². The Kier molecular flexibility index (Phi) is 4.93. The number of ether oxygens (including phenoxy) is 1. The largest absolute Gasteiger partial charge is 0.507 e. The number of phenolic OH excluding ortho intramolecular Hbond substituents is 1. The molecule has 2 aromatic rings. The van der Waals surface area contributed by atoms with Crippen molar-refractivity contribution in [1.82, 2.24) is 15.1 Å². The molecule has 0 aliphatic carbocycles. The standard InChI is InChI=1S/C21H29N3O3/c1-7-24-15(5)16(11-23-24)10-22-20(26)21(6)9-8-17-14(4)18(25)12(2)13(3)19(17)27-21/h11,25H,7-10H2,1-6H3,(H,22,26)/t21-/m1/s1. The molecule has 27 heavy (non-hydrogen) atoms. The molecule has 0 saturated heterocycles. The summed E-state index contributed by atoms with van der Waals surface area (Å²) in [6, 6.07) is 0. The van der Waals surface area contributed by atoms with E-state index in [9.17, 15) is 9.90 Å². The Morgan fingerprint density at radius 1 is 1.30 bits per heavy atom. The van der Waals surface area contributed by atoms with Gasteiger partial charge in [-0.1, -0.05) is 0 Å². The highest BCUT2D eigenvalue weighted by Gasteiger charge is 2.40. The number of carbonyl (C=O) groups is 1. The quantitative estimate of drug-likeness (QED) is 0.865. The van der Waals surface area contributed by atoms with Crippen molar-refractivity contribution in [2.75, 3.05) is 0 Å². The second kappa shape index (κ2) is 6.91. The number of benzene rings is 1. The van der Waals surface area contributed by atoms with Crippen molar-refractivity contribution < 1.29 is 14.6 Å². The lowest BCUT2D eigenvalue weighted by Crippen LogP contribution is -2.50. The summed E-state index contributed by atoms with van der Waals surface area (Å²) in [6.45, 7) is 12.8. The monoisotopic (exact) mass is 371 g/mol. The third-order valence-electron chi connectivity index (χ3n) is 5.94. The predicted molar refractivity (Wildman–Crippen MR) is 104 cm³/mol. The van der Waals surface area contributed by atoms with E-state index in [2.05, 4.69) is 10.4 Å². The van der Waals surface area contributed by atoms with Gasteiger partial charge in [0.05, 0.1) is 6.20 Å². The van der Waals surface area contributed by atoms with Gasteiger partial charge in [-0.25, -0.2) is 0 Å². The summed E-state index contributed by atoms with van der Waals surface area (Å²) < 4.78 is 8.14. The van der Waals surface area contributed by atoms with E-state index in [1.807, 2.05) is 46.2 Å². The lowest BCUT2D eigenvalue weighted by atomic mass is 9.86. The van der Waals surface area contributed by atoms with Gasteiger partial charge in [-0.05, 0) is 64.7 Å². The van der Waals surface area contributed by atoms with Crippen LogP contribution in [0.4, 0.5) is 0 Å². The molecule has 1 aliphatic heterocycles. The molecular formula is C21H29N3O3.